The van der Waals surface area contributed by atoms with Gasteiger partial charge in [0.05, 0.1) is 34.6 Å². The molecule has 0 N–H and O–H groups in total. The summed E-state index contributed by atoms with van der Waals surface area (Å²) >= 11 is 0. The Kier molecular flexibility index (Phi) is 5.33. The van der Waals surface area contributed by atoms with Gasteiger partial charge in [0.25, 0.3) is 5.56 Å². The van der Waals surface area contributed by atoms with Gasteiger partial charge in [-0.25, -0.2) is 9.36 Å². The van der Waals surface area contributed by atoms with Crippen molar-refractivity contribution in [1.29, 1.82) is 5.26 Å². The number of benzene rings is 2. The summed E-state index contributed by atoms with van der Waals surface area (Å²) in [7, 11) is 1.55. The predicted molar refractivity (Wildman–Crippen MR) is 114 cm³/mol. The average Bonchev–Trinajstić information content (AvgIpc) is 3.11. The molecule has 0 amide bonds. The lowest BCUT2D eigenvalue weighted by atomic mass is 10.1. The molecular weight excluding hydrogens is 394 g/mol. The van der Waals surface area contributed by atoms with E-state index < -0.39 is 5.97 Å². The second kappa shape index (κ2) is 8.24. The summed E-state index contributed by atoms with van der Waals surface area (Å²) < 4.78 is 8.32. The Morgan fingerprint density at radius 2 is 1.74 bits per heavy atom. The molecule has 0 unspecified atom stereocenters. The number of aryl methyl sites for hydroxylation is 2. The van der Waals surface area contributed by atoms with E-state index in [1.54, 1.807) is 42.9 Å². The second-order valence-corrected chi connectivity index (χ2v) is 7.02. The van der Waals surface area contributed by atoms with Crippen LogP contribution in [0, 0.1) is 18.3 Å². The fourth-order valence-electron chi connectivity index (χ4n) is 3.48. The maximum atomic E-state index is 12.6. The molecule has 4 aromatic rings. The molecule has 0 aliphatic rings. The molecule has 0 fully saturated rings. The third-order valence-corrected chi connectivity index (χ3v) is 4.98. The first-order valence-corrected chi connectivity index (χ1v) is 9.64. The van der Waals surface area contributed by atoms with Crippen LogP contribution in [0.2, 0.25) is 0 Å². The number of hydrogen-bond acceptors (Lipinski definition) is 6. The standard InChI is InChI=1S/C23H19N5O3/c1-15-19(13-24)21(28(25-15)16-8-4-3-5-9-16)14-31-22(29)12-20-17-10-6-7-11-18(17)23(30)27(2)26-20/h3-11H,12,14H2,1-2H3. The topological polar surface area (TPSA) is 103 Å². The average molecular weight is 413 g/mol. The molecule has 0 aliphatic carbocycles. The van der Waals surface area contributed by atoms with E-state index in [2.05, 4.69) is 16.3 Å². The number of esters is 1. The molecule has 0 saturated carbocycles. The molecular formula is C23H19N5O3. The van der Waals surface area contributed by atoms with Crippen LogP contribution in [0.4, 0.5) is 0 Å². The third-order valence-electron chi connectivity index (χ3n) is 4.98. The monoisotopic (exact) mass is 413 g/mol. The fourth-order valence-corrected chi connectivity index (χ4v) is 3.48. The van der Waals surface area contributed by atoms with Gasteiger partial charge in [0, 0.05) is 12.4 Å². The quantitative estimate of drug-likeness (QED) is 0.466. The smallest absolute Gasteiger partial charge is 0.312 e. The second-order valence-electron chi connectivity index (χ2n) is 7.02. The minimum absolute atomic E-state index is 0.102. The number of para-hydroxylation sites is 1. The Balaban J connectivity index is 1.60. The summed E-state index contributed by atoms with van der Waals surface area (Å²) in [4.78, 5) is 24.9. The molecule has 0 atom stereocenters. The Morgan fingerprint density at radius 3 is 2.45 bits per heavy atom. The van der Waals surface area contributed by atoms with E-state index in [-0.39, 0.29) is 18.6 Å². The Morgan fingerprint density at radius 1 is 1.06 bits per heavy atom. The van der Waals surface area contributed by atoms with Crippen LogP contribution in [0.25, 0.3) is 16.5 Å². The minimum atomic E-state index is -0.515. The molecule has 2 aromatic heterocycles. The van der Waals surface area contributed by atoms with Crippen LogP contribution < -0.4 is 5.56 Å². The van der Waals surface area contributed by atoms with Crippen LogP contribution in [-0.4, -0.2) is 25.5 Å². The number of aromatic nitrogens is 4. The van der Waals surface area contributed by atoms with Gasteiger partial charge in [-0.2, -0.15) is 15.5 Å². The van der Waals surface area contributed by atoms with Crippen LogP contribution in [0.5, 0.6) is 0 Å². The maximum absolute atomic E-state index is 12.6. The predicted octanol–water partition coefficient (Wildman–Crippen LogP) is 2.59. The summed E-state index contributed by atoms with van der Waals surface area (Å²) in [6.45, 7) is 1.63. The van der Waals surface area contributed by atoms with Crippen molar-refractivity contribution in [2.45, 2.75) is 20.0 Å². The molecule has 0 radical (unpaired) electrons. The van der Waals surface area contributed by atoms with Gasteiger partial charge in [0.1, 0.15) is 18.2 Å². The number of ether oxygens (including phenoxy) is 1. The van der Waals surface area contributed by atoms with E-state index in [1.807, 2.05) is 30.3 Å². The highest BCUT2D eigenvalue weighted by molar-refractivity contribution is 5.86. The zero-order valence-electron chi connectivity index (χ0n) is 17.1. The highest BCUT2D eigenvalue weighted by Gasteiger charge is 2.19. The van der Waals surface area contributed by atoms with Crippen LogP contribution in [0.3, 0.4) is 0 Å². The van der Waals surface area contributed by atoms with E-state index in [1.165, 1.54) is 4.68 Å². The Labute approximate surface area is 177 Å². The number of rotatable bonds is 5. The molecule has 0 bridgehead atoms. The molecule has 8 heteroatoms. The van der Waals surface area contributed by atoms with Crippen LogP contribution >= 0.6 is 0 Å². The highest BCUT2D eigenvalue weighted by atomic mass is 16.5. The first-order valence-electron chi connectivity index (χ1n) is 9.64. The van der Waals surface area contributed by atoms with E-state index in [0.29, 0.717) is 33.4 Å². The van der Waals surface area contributed by atoms with Crippen LogP contribution in [0.1, 0.15) is 22.6 Å². The normalized spacial score (nSPS) is 10.7. The number of nitrogens with zero attached hydrogens (tertiary/aromatic N) is 5. The van der Waals surface area contributed by atoms with Gasteiger partial charge in [-0.3, -0.25) is 9.59 Å². The summed E-state index contributed by atoms with van der Waals surface area (Å²) in [5.41, 5.74) is 2.43. The van der Waals surface area contributed by atoms with Gasteiger partial charge < -0.3 is 4.74 Å². The zero-order valence-corrected chi connectivity index (χ0v) is 17.1. The molecule has 2 heterocycles. The first kappa shape index (κ1) is 20.0. The van der Waals surface area contributed by atoms with E-state index >= 15 is 0 Å². The lowest BCUT2D eigenvalue weighted by Crippen LogP contribution is -2.23. The molecule has 0 spiro atoms. The number of carbonyl (C=O) groups excluding carboxylic acids is 1. The van der Waals surface area contributed by atoms with Gasteiger partial charge in [-0.15, -0.1) is 0 Å². The van der Waals surface area contributed by atoms with Crippen molar-refractivity contribution in [3.05, 3.63) is 87.6 Å². The van der Waals surface area contributed by atoms with Crippen molar-refractivity contribution in [2.75, 3.05) is 0 Å². The molecule has 4 rings (SSSR count). The van der Waals surface area contributed by atoms with Crippen LogP contribution in [0.15, 0.2) is 59.4 Å². The van der Waals surface area contributed by atoms with Crippen LogP contribution in [-0.2, 0) is 29.6 Å². The zero-order chi connectivity index (χ0) is 22.0. The van der Waals surface area contributed by atoms with Gasteiger partial charge in [-0.1, -0.05) is 36.4 Å². The molecule has 8 nitrogen and oxygen atoms in total. The summed E-state index contributed by atoms with van der Waals surface area (Å²) in [5, 5.41) is 19.3. The maximum Gasteiger partial charge on any atom is 0.312 e. The Hall–Kier alpha value is -4.25. The van der Waals surface area contributed by atoms with Crippen molar-refractivity contribution in [3.63, 3.8) is 0 Å². The molecule has 31 heavy (non-hydrogen) atoms. The SMILES string of the molecule is Cc1nn(-c2ccccc2)c(COC(=O)Cc2nn(C)c(=O)c3ccccc23)c1C#N. The molecule has 0 saturated heterocycles. The molecule has 154 valence electrons. The number of nitriles is 1. The minimum Gasteiger partial charge on any atom is -0.459 e. The summed E-state index contributed by atoms with van der Waals surface area (Å²) in [6.07, 6.45) is -0.102. The highest BCUT2D eigenvalue weighted by Crippen LogP contribution is 2.20. The third kappa shape index (κ3) is 3.81. The van der Waals surface area contributed by atoms with Crippen molar-refractivity contribution >= 4 is 16.7 Å². The van der Waals surface area contributed by atoms with Gasteiger partial charge in [-0.05, 0) is 25.1 Å². The van der Waals surface area contributed by atoms with Crippen molar-refractivity contribution in [3.8, 4) is 11.8 Å². The van der Waals surface area contributed by atoms with Crippen molar-refractivity contribution in [2.24, 2.45) is 7.05 Å². The number of carbonyl (C=O) groups is 1. The van der Waals surface area contributed by atoms with E-state index in [9.17, 15) is 14.9 Å². The van der Waals surface area contributed by atoms with Gasteiger partial charge in [0.2, 0.25) is 0 Å². The summed E-state index contributed by atoms with van der Waals surface area (Å²) in [5.74, 6) is -0.515. The number of fused-ring (bicyclic) bond motifs is 1. The van der Waals surface area contributed by atoms with Gasteiger partial charge in [0.15, 0.2) is 0 Å². The van der Waals surface area contributed by atoms with E-state index in [4.69, 9.17) is 4.74 Å². The van der Waals surface area contributed by atoms with Gasteiger partial charge >= 0.3 is 5.97 Å². The largest absolute Gasteiger partial charge is 0.459 e. The summed E-state index contributed by atoms with van der Waals surface area (Å²) in [6, 6.07) is 18.5. The van der Waals surface area contributed by atoms with E-state index in [0.717, 1.165) is 5.69 Å². The first-order chi connectivity index (χ1) is 15.0. The fraction of sp³-hybridized carbons (Fsp3) is 0.174. The lowest BCUT2D eigenvalue weighted by molar-refractivity contribution is -0.144. The Bertz CT molecular complexity index is 1380. The number of hydrogen-bond donors (Lipinski definition) is 0. The lowest BCUT2D eigenvalue weighted by Gasteiger charge is -2.10. The molecule has 0 aliphatic heterocycles. The van der Waals surface area contributed by atoms with Crippen molar-refractivity contribution < 1.29 is 9.53 Å². The van der Waals surface area contributed by atoms with Crippen molar-refractivity contribution in [1.82, 2.24) is 19.6 Å². The molecule has 2 aromatic carbocycles.